The van der Waals surface area contributed by atoms with Crippen molar-refractivity contribution in [1.29, 1.82) is 0 Å². The summed E-state index contributed by atoms with van der Waals surface area (Å²) in [4.78, 5) is 0. The van der Waals surface area contributed by atoms with Gasteiger partial charge in [-0.2, -0.15) is 12.6 Å². The highest BCUT2D eigenvalue weighted by Crippen LogP contribution is 2.01. The van der Waals surface area contributed by atoms with Gasteiger partial charge in [0, 0.05) is 11.4 Å². The first kappa shape index (κ1) is 9.31. The molecule has 0 rings (SSSR count). The Bertz CT molecular complexity index is 71.3. The molecule has 0 aromatic carbocycles. The fourth-order valence-electron chi connectivity index (χ4n) is 0.573. The molecule has 1 N–H and O–H groups in total. The van der Waals surface area contributed by atoms with Crippen LogP contribution >= 0.6 is 12.6 Å². The van der Waals surface area contributed by atoms with Gasteiger partial charge in [0.15, 0.2) is 0 Å². The Morgan fingerprint density at radius 2 is 1.56 bits per heavy atom. The molecular weight excluding hydrogens is 130 g/mol. The first-order valence-corrected chi connectivity index (χ1v) is 3.99. The van der Waals surface area contributed by atoms with Crippen LogP contribution in [0.1, 0.15) is 27.7 Å². The summed E-state index contributed by atoms with van der Waals surface area (Å²) in [7, 11) is 0. The molecule has 0 aliphatic carbocycles. The summed E-state index contributed by atoms with van der Waals surface area (Å²) >= 11 is 4.22. The SMILES string of the molecule is CC(S)N[C@@H](C)C(C)C. The highest BCUT2D eigenvalue weighted by atomic mass is 32.1. The predicted molar refractivity (Wildman–Crippen MR) is 45.9 cm³/mol. The number of rotatable bonds is 3. The van der Waals surface area contributed by atoms with E-state index in [1.165, 1.54) is 0 Å². The molecule has 0 bridgehead atoms. The lowest BCUT2D eigenvalue weighted by Gasteiger charge is -2.19. The average molecular weight is 147 g/mol. The average Bonchev–Trinajstić information content (AvgIpc) is 1.63. The van der Waals surface area contributed by atoms with Crippen LogP contribution in [0, 0.1) is 5.92 Å². The molecule has 0 fully saturated rings. The molecule has 0 heterocycles. The molecule has 0 aromatic rings. The topological polar surface area (TPSA) is 12.0 Å². The first-order valence-electron chi connectivity index (χ1n) is 3.48. The van der Waals surface area contributed by atoms with E-state index in [1.54, 1.807) is 0 Å². The minimum absolute atomic E-state index is 0.308. The lowest BCUT2D eigenvalue weighted by Crippen LogP contribution is -2.34. The number of nitrogens with one attached hydrogen (secondary N) is 1. The molecule has 1 nitrogen and oxygen atoms in total. The van der Waals surface area contributed by atoms with Crippen LogP contribution in [0.25, 0.3) is 0 Å². The Hall–Kier alpha value is 0.310. The van der Waals surface area contributed by atoms with Crippen molar-refractivity contribution in [2.75, 3.05) is 0 Å². The van der Waals surface area contributed by atoms with Crippen molar-refractivity contribution in [2.45, 2.75) is 39.1 Å². The Morgan fingerprint density at radius 1 is 1.11 bits per heavy atom. The molecule has 2 heteroatoms. The zero-order chi connectivity index (χ0) is 7.44. The van der Waals surface area contributed by atoms with Crippen molar-refractivity contribution < 1.29 is 0 Å². The quantitative estimate of drug-likeness (QED) is 0.459. The van der Waals surface area contributed by atoms with Gasteiger partial charge in [0.25, 0.3) is 0 Å². The molecular formula is C7H17NS. The van der Waals surface area contributed by atoms with Crippen LogP contribution in [0.2, 0.25) is 0 Å². The normalized spacial score (nSPS) is 18.0. The number of hydrogen-bond acceptors (Lipinski definition) is 2. The zero-order valence-electron chi connectivity index (χ0n) is 6.68. The third-order valence-electron chi connectivity index (χ3n) is 1.50. The molecule has 0 aromatic heterocycles. The van der Waals surface area contributed by atoms with Gasteiger partial charge in [-0.25, -0.2) is 0 Å². The van der Waals surface area contributed by atoms with E-state index < -0.39 is 0 Å². The van der Waals surface area contributed by atoms with Crippen LogP contribution in [-0.2, 0) is 0 Å². The Morgan fingerprint density at radius 3 is 1.67 bits per heavy atom. The molecule has 0 spiro atoms. The van der Waals surface area contributed by atoms with Crippen LogP contribution in [0.4, 0.5) is 0 Å². The minimum atomic E-state index is 0.308. The minimum Gasteiger partial charge on any atom is -0.303 e. The highest BCUT2D eigenvalue weighted by Gasteiger charge is 2.06. The summed E-state index contributed by atoms with van der Waals surface area (Å²) < 4.78 is 0. The van der Waals surface area contributed by atoms with Crippen LogP contribution in [0.5, 0.6) is 0 Å². The molecule has 1 unspecified atom stereocenters. The monoisotopic (exact) mass is 147 g/mol. The van der Waals surface area contributed by atoms with E-state index in [0.717, 1.165) is 0 Å². The molecule has 0 aliphatic rings. The van der Waals surface area contributed by atoms with Gasteiger partial charge in [0.2, 0.25) is 0 Å². The van der Waals surface area contributed by atoms with Crippen molar-refractivity contribution >= 4 is 12.6 Å². The summed E-state index contributed by atoms with van der Waals surface area (Å²) in [6.07, 6.45) is 0. The van der Waals surface area contributed by atoms with Gasteiger partial charge in [-0.15, -0.1) is 0 Å². The summed E-state index contributed by atoms with van der Waals surface area (Å²) in [5, 5.41) is 3.61. The maximum Gasteiger partial charge on any atom is 0.0475 e. The number of thiol groups is 1. The smallest absolute Gasteiger partial charge is 0.0475 e. The van der Waals surface area contributed by atoms with E-state index in [2.05, 4.69) is 38.7 Å². The Labute approximate surface area is 63.6 Å². The molecule has 0 amide bonds. The van der Waals surface area contributed by atoms with Gasteiger partial charge >= 0.3 is 0 Å². The van der Waals surface area contributed by atoms with Crippen molar-refractivity contribution in [3.63, 3.8) is 0 Å². The second-order valence-corrected chi connectivity index (χ2v) is 3.65. The maximum atomic E-state index is 4.22. The van der Waals surface area contributed by atoms with Crippen LogP contribution in [-0.4, -0.2) is 11.4 Å². The first-order chi connectivity index (χ1) is 4.04. The van der Waals surface area contributed by atoms with Crippen molar-refractivity contribution in [3.8, 4) is 0 Å². The largest absolute Gasteiger partial charge is 0.303 e. The molecule has 56 valence electrons. The third kappa shape index (κ3) is 4.79. The zero-order valence-corrected chi connectivity index (χ0v) is 7.57. The van der Waals surface area contributed by atoms with E-state index in [1.807, 2.05) is 6.92 Å². The molecule has 2 atom stereocenters. The lowest BCUT2D eigenvalue weighted by molar-refractivity contribution is 0.427. The second-order valence-electron chi connectivity index (χ2n) is 2.88. The summed E-state index contributed by atoms with van der Waals surface area (Å²) in [6.45, 7) is 8.63. The summed E-state index contributed by atoms with van der Waals surface area (Å²) in [6, 6.07) is 0.567. The summed E-state index contributed by atoms with van der Waals surface area (Å²) in [5.74, 6) is 0.694. The van der Waals surface area contributed by atoms with Crippen molar-refractivity contribution in [2.24, 2.45) is 5.92 Å². The Kier molecular flexibility index (Phi) is 4.32. The van der Waals surface area contributed by atoms with Gasteiger partial charge in [-0.3, -0.25) is 0 Å². The van der Waals surface area contributed by atoms with E-state index in [4.69, 9.17) is 0 Å². The van der Waals surface area contributed by atoms with Crippen molar-refractivity contribution in [1.82, 2.24) is 5.32 Å². The van der Waals surface area contributed by atoms with Crippen LogP contribution < -0.4 is 5.32 Å². The van der Waals surface area contributed by atoms with Crippen LogP contribution in [0.15, 0.2) is 0 Å². The van der Waals surface area contributed by atoms with E-state index in [9.17, 15) is 0 Å². The third-order valence-corrected chi connectivity index (χ3v) is 1.65. The number of hydrogen-bond donors (Lipinski definition) is 2. The van der Waals surface area contributed by atoms with E-state index in [-0.39, 0.29) is 0 Å². The van der Waals surface area contributed by atoms with E-state index >= 15 is 0 Å². The van der Waals surface area contributed by atoms with Gasteiger partial charge < -0.3 is 5.32 Å². The van der Waals surface area contributed by atoms with Gasteiger partial charge in [-0.1, -0.05) is 13.8 Å². The summed E-state index contributed by atoms with van der Waals surface area (Å²) in [5.41, 5.74) is 0. The fraction of sp³-hybridized carbons (Fsp3) is 1.00. The second kappa shape index (κ2) is 4.18. The molecule has 0 radical (unpaired) electrons. The standard InChI is InChI=1S/C7H17NS/c1-5(2)6(3)8-7(4)9/h5-9H,1-4H3/t6-,7?/m0/s1. The van der Waals surface area contributed by atoms with Gasteiger partial charge in [-0.05, 0) is 19.8 Å². The fourth-order valence-corrected chi connectivity index (χ4v) is 0.808. The Balaban J connectivity index is 3.38. The molecule has 0 saturated heterocycles. The van der Waals surface area contributed by atoms with E-state index in [0.29, 0.717) is 17.3 Å². The van der Waals surface area contributed by atoms with Crippen LogP contribution in [0.3, 0.4) is 0 Å². The van der Waals surface area contributed by atoms with Crippen molar-refractivity contribution in [3.05, 3.63) is 0 Å². The van der Waals surface area contributed by atoms with Gasteiger partial charge in [0.05, 0.1) is 0 Å². The molecule has 0 saturated carbocycles. The molecule has 0 aliphatic heterocycles. The molecule has 9 heavy (non-hydrogen) atoms. The van der Waals surface area contributed by atoms with Gasteiger partial charge in [0.1, 0.15) is 0 Å². The maximum absolute atomic E-state index is 4.22. The lowest BCUT2D eigenvalue weighted by atomic mass is 10.1. The predicted octanol–water partition coefficient (Wildman–Crippen LogP) is 1.90. The highest BCUT2D eigenvalue weighted by molar-refractivity contribution is 7.80.